The Balaban J connectivity index is 1.90. The number of carbonyl (C=O) groups is 1. The Kier molecular flexibility index (Phi) is 6.61. The number of benzene rings is 2. The van der Waals surface area contributed by atoms with E-state index < -0.39 is 5.91 Å². The van der Waals surface area contributed by atoms with Gasteiger partial charge in [0.25, 0.3) is 11.5 Å². The average molecular weight is 413 g/mol. The molecule has 1 amide bonds. The number of fused-ring (bicyclic) bond motifs is 1. The molecule has 0 fully saturated rings. The van der Waals surface area contributed by atoms with Gasteiger partial charge in [-0.2, -0.15) is 10.2 Å². The van der Waals surface area contributed by atoms with Crippen LogP contribution in [0.25, 0.3) is 10.8 Å². The molecule has 7 nitrogen and oxygen atoms in total. The maximum Gasteiger partial charge on any atom is 0.292 e. The van der Waals surface area contributed by atoms with Crippen molar-refractivity contribution in [2.24, 2.45) is 5.10 Å². The number of hydrogen-bond acceptors (Lipinski definition) is 5. The molecule has 1 aromatic heterocycles. The normalized spacial score (nSPS) is 11.2. The Morgan fingerprint density at radius 2 is 2.00 bits per heavy atom. The molecule has 0 aliphatic heterocycles. The molecule has 29 heavy (non-hydrogen) atoms. The summed E-state index contributed by atoms with van der Waals surface area (Å²) in [6.07, 6.45) is 4.07. The summed E-state index contributed by atoms with van der Waals surface area (Å²) in [7, 11) is 0. The van der Waals surface area contributed by atoms with Crippen molar-refractivity contribution < 1.29 is 9.90 Å². The van der Waals surface area contributed by atoms with Crippen molar-refractivity contribution in [3.8, 4) is 5.75 Å². The van der Waals surface area contributed by atoms with Gasteiger partial charge >= 0.3 is 0 Å². The Morgan fingerprint density at radius 3 is 2.76 bits per heavy atom. The Labute approximate surface area is 172 Å². The fraction of sp³-hybridized carbons (Fsp3) is 0.238. The van der Waals surface area contributed by atoms with Crippen LogP contribution in [0.4, 0.5) is 0 Å². The lowest BCUT2D eigenvalue weighted by Crippen LogP contribution is -2.29. The quantitative estimate of drug-likeness (QED) is 0.351. The molecule has 2 N–H and O–H groups in total. The minimum Gasteiger partial charge on any atom is -0.507 e. The van der Waals surface area contributed by atoms with Gasteiger partial charge in [0.15, 0.2) is 5.69 Å². The largest absolute Gasteiger partial charge is 0.507 e. The first-order chi connectivity index (χ1) is 14.0. The van der Waals surface area contributed by atoms with Crippen LogP contribution in [0, 0.1) is 0 Å². The Morgan fingerprint density at radius 1 is 1.24 bits per heavy atom. The number of amides is 1. The van der Waals surface area contributed by atoms with Crippen LogP contribution in [0.15, 0.2) is 52.4 Å². The summed E-state index contributed by atoms with van der Waals surface area (Å²) < 4.78 is 1.33. The van der Waals surface area contributed by atoms with Crippen LogP contribution < -0.4 is 11.0 Å². The standard InChI is InChI=1S/C21H21ClN4O3/c1-2-3-6-11-26-21(29)17-8-5-4-7-16(17)19(25-26)20(28)24-23-13-14-12-15(22)9-10-18(14)27/h4-5,7-10,12-13,27H,2-3,6,11H2,1H3,(H,24,28)/b23-13+. The maximum atomic E-state index is 12.7. The Bertz CT molecular complexity index is 1120. The van der Waals surface area contributed by atoms with E-state index in [0.717, 1.165) is 19.3 Å². The lowest BCUT2D eigenvalue weighted by Gasteiger charge is -2.10. The molecule has 0 bridgehead atoms. The third-order valence-corrected chi connectivity index (χ3v) is 4.65. The van der Waals surface area contributed by atoms with Crippen molar-refractivity contribution >= 4 is 34.5 Å². The van der Waals surface area contributed by atoms with Crippen molar-refractivity contribution in [1.82, 2.24) is 15.2 Å². The molecule has 3 rings (SSSR count). The molecule has 0 saturated heterocycles. The van der Waals surface area contributed by atoms with Crippen LogP contribution in [0.3, 0.4) is 0 Å². The van der Waals surface area contributed by atoms with E-state index in [4.69, 9.17) is 11.6 Å². The topological polar surface area (TPSA) is 96.6 Å². The molecule has 0 unspecified atom stereocenters. The van der Waals surface area contributed by atoms with E-state index in [1.807, 2.05) is 0 Å². The zero-order valence-electron chi connectivity index (χ0n) is 15.9. The highest BCUT2D eigenvalue weighted by Crippen LogP contribution is 2.19. The van der Waals surface area contributed by atoms with Crippen molar-refractivity contribution in [3.63, 3.8) is 0 Å². The predicted octanol–water partition coefficient (Wildman–Crippen LogP) is 3.71. The molecular weight excluding hydrogens is 392 g/mol. The molecule has 3 aromatic rings. The number of phenolic OH excluding ortho intramolecular Hbond substituents is 1. The van der Waals surface area contributed by atoms with Gasteiger partial charge < -0.3 is 5.11 Å². The van der Waals surface area contributed by atoms with E-state index in [2.05, 4.69) is 22.5 Å². The molecule has 8 heteroatoms. The van der Waals surface area contributed by atoms with E-state index >= 15 is 0 Å². The van der Waals surface area contributed by atoms with Crippen LogP contribution >= 0.6 is 11.6 Å². The maximum absolute atomic E-state index is 12.7. The molecule has 0 radical (unpaired) electrons. The number of phenols is 1. The van der Waals surface area contributed by atoms with Gasteiger partial charge in [-0.25, -0.2) is 10.1 Å². The number of unbranched alkanes of at least 4 members (excludes halogenated alkanes) is 2. The van der Waals surface area contributed by atoms with Crippen molar-refractivity contribution in [3.05, 3.63) is 69.1 Å². The van der Waals surface area contributed by atoms with Gasteiger partial charge in [0.2, 0.25) is 0 Å². The first kappa shape index (κ1) is 20.5. The monoisotopic (exact) mass is 412 g/mol. The van der Waals surface area contributed by atoms with Gasteiger partial charge in [-0.1, -0.05) is 49.6 Å². The first-order valence-electron chi connectivity index (χ1n) is 9.33. The summed E-state index contributed by atoms with van der Waals surface area (Å²) in [6, 6.07) is 11.4. The van der Waals surface area contributed by atoms with Crippen LogP contribution in [0.1, 0.15) is 42.2 Å². The van der Waals surface area contributed by atoms with E-state index in [-0.39, 0.29) is 17.0 Å². The Hall–Kier alpha value is -3.19. The summed E-state index contributed by atoms with van der Waals surface area (Å²) in [5.74, 6) is -0.566. The van der Waals surface area contributed by atoms with Crippen LogP contribution in [-0.2, 0) is 6.54 Å². The number of nitrogens with one attached hydrogen (secondary N) is 1. The number of aryl methyl sites for hydroxylation is 1. The second-order valence-corrected chi connectivity index (χ2v) is 6.97. The number of hydrogen-bond donors (Lipinski definition) is 2. The molecule has 150 valence electrons. The van der Waals surface area contributed by atoms with Gasteiger partial charge in [0.05, 0.1) is 11.6 Å². The number of carbonyl (C=O) groups excluding carboxylic acids is 1. The van der Waals surface area contributed by atoms with Crippen molar-refractivity contribution in [2.75, 3.05) is 0 Å². The fourth-order valence-corrected chi connectivity index (χ4v) is 3.09. The third kappa shape index (κ3) is 4.81. The summed E-state index contributed by atoms with van der Waals surface area (Å²) in [6.45, 7) is 2.52. The van der Waals surface area contributed by atoms with Crippen molar-refractivity contribution in [2.45, 2.75) is 32.7 Å². The number of halogens is 1. The number of aromatic nitrogens is 2. The minimum absolute atomic E-state index is 0.0135. The van der Waals surface area contributed by atoms with Gasteiger partial charge in [0, 0.05) is 22.5 Å². The molecule has 0 saturated carbocycles. The minimum atomic E-state index is -0.553. The van der Waals surface area contributed by atoms with Gasteiger partial charge in [-0.15, -0.1) is 0 Å². The predicted molar refractivity (Wildman–Crippen MR) is 114 cm³/mol. The van der Waals surface area contributed by atoms with Crippen LogP contribution in [0.5, 0.6) is 5.75 Å². The highest BCUT2D eigenvalue weighted by molar-refractivity contribution is 6.30. The molecule has 2 aromatic carbocycles. The third-order valence-electron chi connectivity index (χ3n) is 4.42. The zero-order chi connectivity index (χ0) is 20.8. The molecule has 0 aliphatic carbocycles. The van der Waals surface area contributed by atoms with Gasteiger partial charge in [-0.05, 0) is 30.7 Å². The summed E-state index contributed by atoms with van der Waals surface area (Å²) in [4.78, 5) is 25.4. The molecular formula is C21H21ClN4O3. The van der Waals surface area contributed by atoms with E-state index in [9.17, 15) is 14.7 Å². The number of hydrazone groups is 1. The summed E-state index contributed by atoms with van der Waals surface area (Å²) in [5, 5.41) is 19.3. The van der Waals surface area contributed by atoms with Gasteiger partial charge in [-0.3, -0.25) is 9.59 Å². The highest BCUT2D eigenvalue weighted by Gasteiger charge is 2.16. The van der Waals surface area contributed by atoms with Crippen LogP contribution in [0.2, 0.25) is 5.02 Å². The molecule has 0 aliphatic rings. The second kappa shape index (κ2) is 9.34. The lowest BCUT2D eigenvalue weighted by atomic mass is 10.1. The number of aromatic hydroxyl groups is 1. The molecule has 0 spiro atoms. The number of nitrogens with zero attached hydrogens (tertiary/aromatic N) is 3. The highest BCUT2D eigenvalue weighted by atomic mass is 35.5. The summed E-state index contributed by atoms with van der Waals surface area (Å²) in [5.41, 5.74) is 2.65. The van der Waals surface area contributed by atoms with Gasteiger partial charge in [0.1, 0.15) is 5.75 Å². The molecule has 0 atom stereocenters. The first-order valence-corrected chi connectivity index (χ1v) is 9.71. The van der Waals surface area contributed by atoms with Crippen molar-refractivity contribution in [1.29, 1.82) is 0 Å². The second-order valence-electron chi connectivity index (χ2n) is 6.53. The lowest BCUT2D eigenvalue weighted by molar-refractivity contribution is 0.0949. The summed E-state index contributed by atoms with van der Waals surface area (Å²) >= 11 is 5.90. The average Bonchev–Trinajstić information content (AvgIpc) is 2.72. The van der Waals surface area contributed by atoms with E-state index in [1.54, 1.807) is 30.3 Å². The number of rotatable bonds is 7. The smallest absolute Gasteiger partial charge is 0.292 e. The van der Waals surface area contributed by atoms with E-state index in [0.29, 0.717) is 27.9 Å². The fourth-order valence-electron chi connectivity index (χ4n) is 2.91. The van der Waals surface area contributed by atoms with E-state index in [1.165, 1.54) is 23.0 Å². The van der Waals surface area contributed by atoms with Crippen LogP contribution in [-0.4, -0.2) is 27.0 Å². The molecule has 1 heterocycles. The SMILES string of the molecule is CCCCCn1nc(C(=O)N/N=C/c2cc(Cl)ccc2O)c2ccccc2c1=O. The zero-order valence-corrected chi connectivity index (χ0v) is 16.7.